The Morgan fingerprint density at radius 3 is 2.23 bits per heavy atom. The molecule has 0 unspecified atom stereocenters. The Bertz CT molecular complexity index is 650. The first-order valence-electron chi connectivity index (χ1n) is 6.44. The number of carbonyl (C=O) groups is 1. The van der Waals surface area contributed by atoms with E-state index in [0.29, 0.717) is 0 Å². The molecule has 0 N–H and O–H groups in total. The van der Waals surface area contributed by atoms with Gasteiger partial charge in [-0.1, -0.05) is 26.0 Å². The fraction of sp³-hybridized carbons (Fsp3) is 0.200. The summed E-state index contributed by atoms with van der Waals surface area (Å²) in [6, 6.07) is 9.19. The fourth-order valence-corrected chi connectivity index (χ4v) is 1.35. The van der Waals surface area contributed by atoms with Gasteiger partial charge in [-0.15, -0.1) is 10.2 Å². The first kappa shape index (κ1) is 17.2. The van der Waals surface area contributed by atoms with Crippen molar-refractivity contribution in [3.05, 3.63) is 53.2 Å². The Morgan fingerprint density at radius 1 is 1.14 bits per heavy atom. The van der Waals surface area contributed by atoms with E-state index >= 15 is 0 Å². The van der Waals surface area contributed by atoms with Gasteiger partial charge in [0.2, 0.25) is 5.88 Å². The molecular weight excluding hydrogens is 292 g/mol. The lowest BCUT2D eigenvalue weighted by Gasteiger charge is -2.04. The molecule has 0 radical (unpaired) electrons. The Labute approximate surface area is 126 Å². The van der Waals surface area contributed by atoms with Gasteiger partial charge in [-0.25, -0.2) is 13.6 Å². The zero-order chi connectivity index (χ0) is 16.5. The number of rotatable bonds is 3. The first-order valence-corrected chi connectivity index (χ1v) is 6.44. The van der Waals surface area contributed by atoms with Crippen LogP contribution in [0.1, 0.15) is 41.9 Å². The van der Waals surface area contributed by atoms with Crippen LogP contribution in [0.5, 0.6) is 5.88 Å². The van der Waals surface area contributed by atoms with E-state index < -0.39 is 12.4 Å². The van der Waals surface area contributed by atoms with Crippen molar-refractivity contribution >= 4 is 5.97 Å². The van der Waals surface area contributed by atoms with Gasteiger partial charge in [-0.2, -0.15) is 5.26 Å². The molecule has 0 saturated heterocycles. The van der Waals surface area contributed by atoms with Crippen LogP contribution in [0.2, 0.25) is 0 Å². The van der Waals surface area contributed by atoms with Crippen LogP contribution in [0.25, 0.3) is 0 Å². The van der Waals surface area contributed by atoms with Gasteiger partial charge in [0.1, 0.15) is 6.07 Å². The van der Waals surface area contributed by atoms with E-state index in [2.05, 4.69) is 10.2 Å². The van der Waals surface area contributed by atoms with Gasteiger partial charge in [0.25, 0.3) is 6.43 Å². The average molecular weight is 305 g/mol. The molecule has 0 saturated carbocycles. The minimum atomic E-state index is -2.59. The van der Waals surface area contributed by atoms with E-state index in [4.69, 9.17) is 10.00 Å². The van der Waals surface area contributed by atoms with Crippen LogP contribution in [0.4, 0.5) is 8.78 Å². The van der Waals surface area contributed by atoms with Crippen LogP contribution in [0.3, 0.4) is 0 Å². The van der Waals surface area contributed by atoms with Gasteiger partial charge in [-0.3, -0.25) is 0 Å². The second kappa shape index (κ2) is 8.42. The summed E-state index contributed by atoms with van der Waals surface area (Å²) in [6.07, 6.45) is -2.59. The quantitative estimate of drug-likeness (QED) is 0.811. The molecule has 0 aliphatic carbocycles. The molecule has 1 aromatic heterocycles. The van der Waals surface area contributed by atoms with E-state index in [9.17, 15) is 13.6 Å². The van der Waals surface area contributed by atoms with E-state index in [1.807, 2.05) is 13.8 Å². The molecule has 22 heavy (non-hydrogen) atoms. The van der Waals surface area contributed by atoms with Gasteiger partial charge < -0.3 is 4.74 Å². The summed E-state index contributed by atoms with van der Waals surface area (Å²) in [7, 11) is 0. The molecule has 0 spiro atoms. The second-order valence-electron chi connectivity index (χ2n) is 3.68. The van der Waals surface area contributed by atoms with Gasteiger partial charge in [0.05, 0.1) is 5.56 Å². The topological polar surface area (TPSA) is 75.9 Å². The van der Waals surface area contributed by atoms with Crippen LogP contribution in [-0.2, 0) is 0 Å². The fourth-order valence-electron chi connectivity index (χ4n) is 1.35. The summed E-state index contributed by atoms with van der Waals surface area (Å²) in [5.74, 6) is -0.822. The summed E-state index contributed by atoms with van der Waals surface area (Å²) in [4.78, 5) is 11.7. The molecule has 0 atom stereocenters. The molecular formula is C15H13F2N3O2. The van der Waals surface area contributed by atoms with Gasteiger partial charge in [0.15, 0.2) is 5.69 Å². The Kier molecular flexibility index (Phi) is 6.57. The Balaban J connectivity index is 0.00000116. The lowest BCUT2D eigenvalue weighted by molar-refractivity contribution is 0.0725. The Morgan fingerprint density at radius 2 is 1.77 bits per heavy atom. The van der Waals surface area contributed by atoms with Crippen molar-refractivity contribution in [1.29, 1.82) is 5.26 Å². The predicted octanol–water partition coefficient (Wildman–Crippen LogP) is 3.53. The second-order valence-corrected chi connectivity index (χ2v) is 3.68. The van der Waals surface area contributed by atoms with Crippen molar-refractivity contribution < 1.29 is 18.3 Å². The molecule has 0 aliphatic heterocycles. The third-order valence-electron chi connectivity index (χ3n) is 2.35. The van der Waals surface area contributed by atoms with Crippen molar-refractivity contribution in [2.45, 2.75) is 20.3 Å². The van der Waals surface area contributed by atoms with Gasteiger partial charge >= 0.3 is 5.97 Å². The highest BCUT2D eigenvalue weighted by Crippen LogP contribution is 2.19. The third-order valence-corrected chi connectivity index (χ3v) is 2.35. The first-order chi connectivity index (χ1) is 10.6. The highest BCUT2D eigenvalue weighted by atomic mass is 19.3. The van der Waals surface area contributed by atoms with E-state index in [1.165, 1.54) is 24.3 Å². The summed E-state index contributed by atoms with van der Waals surface area (Å²) in [6.45, 7) is 4.00. The standard InChI is InChI=1S/C13H7F2N3O2.C2H6/c14-12(15)8-1-3-9(4-2-8)13(19)20-11-6-5-10(7-16)17-18-11;1-2/h1-6,12H;1-2H3. The van der Waals surface area contributed by atoms with Gasteiger partial charge in [0, 0.05) is 11.6 Å². The minimum Gasteiger partial charge on any atom is -0.402 e. The minimum absolute atomic E-state index is 0.0769. The van der Waals surface area contributed by atoms with Crippen LogP contribution >= 0.6 is 0 Å². The molecule has 7 heteroatoms. The normalized spacial score (nSPS) is 9.45. The lowest BCUT2D eigenvalue weighted by atomic mass is 10.1. The number of aromatic nitrogens is 2. The number of carbonyl (C=O) groups excluding carboxylic acids is 1. The van der Waals surface area contributed by atoms with Crippen LogP contribution in [0, 0.1) is 11.3 Å². The molecule has 114 valence electrons. The molecule has 0 aliphatic rings. The zero-order valence-corrected chi connectivity index (χ0v) is 12.0. The largest absolute Gasteiger partial charge is 0.402 e. The number of benzene rings is 1. The number of nitriles is 1. The lowest BCUT2D eigenvalue weighted by Crippen LogP contribution is -2.10. The van der Waals surface area contributed by atoms with Crippen molar-refractivity contribution in [2.75, 3.05) is 0 Å². The monoisotopic (exact) mass is 305 g/mol. The number of hydrogen-bond donors (Lipinski definition) is 0. The maximum atomic E-state index is 12.4. The zero-order valence-electron chi connectivity index (χ0n) is 12.0. The number of ether oxygens (including phenoxy) is 1. The van der Waals surface area contributed by atoms with Crippen LogP contribution < -0.4 is 4.74 Å². The molecule has 1 aromatic carbocycles. The van der Waals surface area contributed by atoms with Crippen molar-refractivity contribution in [1.82, 2.24) is 10.2 Å². The number of hydrogen-bond acceptors (Lipinski definition) is 5. The SMILES string of the molecule is CC.N#Cc1ccc(OC(=O)c2ccc(C(F)F)cc2)nn1. The molecule has 1 heterocycles. The van der Waals surface area contributed by atoms with Crippen LogP contribution in [0.15, 0.2) is 36.4 Å². The number of nitrogens with zero attached hydrogens (tertiary/aromatic N) is 3. The summed E-state index contributed by atoms with van der Waals surface area (Å²) in [5, 5.41) is 15.6. The predicted molar refractivity (Wildman–Crippen MR) is 74.5 cm³/mol. The van der Waals surface area contributed by atoms with Gasteiger partial charge in [-0.05, 0) is 18.2 Å². The Hall–Kier alpha value is -2.88. The number of alkyl halides is 2. The molecule has 0 fully saturated rings. The average Bonchev–Trinajstić information content (AvgIpc) is 2.57. The highest BCUT2D eigenvalue weighted by Gasteiger charge is 2.12. The summed E-state index contributed by atoms with van der Waals surface area (Å²) in [5.41, 5.74) is 0.0198. The van der Waals surface area contributed by atoms with Crippen molar-refractivity contribution in [3.8, 4) is 11.9 Å². The molecule has 2 aromatic rings. The molecule has 5 nitrogen and oxygen atoms in total. The number of halogens is 2. The third kappa shape index (κ3) is 4.59. The maximum absolute atomic E-state index is 12.4. The van der Waals surface area contributed by atoms with E-state index in [-0.39, 0.29) is 22.7 Å². The van der Waals surface area contributed by atoms with Crippen LogP contribution in [-0.4, -0.2) is 16.2 Å². The molecule has 0 amide bonds. The molecule has 0 bridgehead atoms. The van der Waals surface area contributed by atoms with E-state index in [1.54, 1.807) is 6.07 Å². The maximum Gasteiger partial charge on any atom is 0.344 e. The van der Waals surface area contributed by atoms with E-state index in [0.717, 1.165) is 12.1 Å². The summed E-state index contributed by atoms with van der Waals surface area (Å²) >= 11 is 0. The smallest absolute Gasteiger partial charge is 0.344 e. The van der Waals surface area contributed by atoms with Crippen molar-refractivity contribution in [3.63, 3.8) is 0 Å². The number of esters is 1. The highest BCUT2D eigenvalue weighted by molar-refractivity contribution is 5.90. The molecule has 2 rings (SSSR count). The van der Waals surface area contributed by atoms with Crippen molar-refractivity contribution in [2.24, 2.45) is 0 Å². The summed E-state index contributed by atoms with van der Waals surface area (Å²) < 4.78 is 29.6.